The minimum Gasteiger partial charge on any atom is -0.466 e. The molecule has 0 aliphatic heterocycles. The summed E-state index contributed by atoms with van der Waals surface area (Å²) >= 11 is 0. The van der Waals surface area contributed by atoms with Gasteiger partial charge < -0.3 is 29.2 Å². The summed E-state index contributed by atoms with van der Waals surface area (Å²) in [6.07, 6.45) is 16.5. The van der Waals surface area contributed by atoms with Crippen molar-refractivity contribution in [3.8, 4) is 0 Å². The fraction of sp³-hybridized carbons (Fsp3) is 0.879. The first-order chi connectivity index (χ1) is 20.8. The molecule has 0 heterocycles. The summed E-state index contributed by atoms with van der Waals surface area (Å²) in [6, 6.07) is 0. The van der Waals surface area contributed by atoms with Crippen molar-refractivity contribution in [3.05, 3.63) is 0 Å². The molecule has 0 saturated heterocycles. The van der Waals surface area contributed by atoms with Crippen molar-refractivity contribution in [1.82, 2.24) is 0 Å². The maximum Gasteiger partial charge on any atom is 0.305 e. The molecule has 0 bridgehead atoms. The molecule has 10 heteroatoms. The second-order valence-corrected chi connectivity index (χ2v) is 11.5. The molecule has 0 aromatic rings. The van der Waals surface area contributed by atoms with Crippen LogP contribution in [0.15, 0.2) is 0 Å². The molecule has 0 aromatic heterocycles. The highest BCUT2D eigenvalue weighted by Gasteiger charge is 2.33. The predicted octanol–water partition coefficient (Wildman–Crippen LogP) is 5.97. The first-order valence-electron chi connectivity index (χ1n) is 16.7. The Hall–Kier alpha value is -2.20. The van der Waals surface area contributed by atoms with Gasteiger partial charge in [-0.15, -0.1) is 0 Å². The Bertz CT molecular complexity index is 664. The number of hydrogen-bond donors (Lipinski definition) is 2. The average molecular weight is 617 g/mol. The molecule has 0 fully saturated rings. The number of carbonyl (C=O) groups is 4. The zero-order valence-corrected chi connectivity index (χ0v) is 27.0. The zero-order valence-electron chi connectivity index (χ0n) is 27.0. The third-order valence-corrected chi connectivity index (χ3v) is 7.29. The van der Waals surface area contributed by atoms with Crippen LogP contribution in [-0.4, -0.2) is 73.7 Å². The molecular formula is C33H60O10. The van der Waals surface area contributed by atoms with Gasteiger partial charge in [-0.1, -0.05) is 90.9 Å². The number of aliphatic hydroxyl groups excluding tert-OH is 2. The van der Waals surface area contributed by atoms with E-state index in [0.29, 0.717) is 13.2 Å². The Morgan fingerprint density at radius 3 is 1.07 bits per heavy atom. The van der Waals surface area contributed by atoms with Crippen molar-refractivity contribution >= 4 is 23.9 Å². The second-order valence-electron chi connectivity index (χ2n) is 11.5. The number of aliphatic hydroxyl groups is 2. The van der Waals surface area contributed by atoms with Crippen LogP contribution in [0.4, 0.5) is 0 Å². The first-order valence-corrected chi connectivity index (χ1v) is 16.7. The van der Waals surface area contributed by atoms with Gasteiger partial charge in [0.1, 0.15) is 13.2 Å². The molecule has 0 aliphatic carbocycles. The van der Waals surface area contributed by atoms with Gasteiger partial charge >= 0.3 is 23.9 Å². The molecule has 0 rings (SSSR count). The molecule has 0 atom stereocenters. The highest BCUT2D eigenvalue weighted by molar-refractivity contribution is 5.73. The lowest BCUT2D eigenvalue weighted by Gasteiger charge is -2.28. The molecule has 0 spiro atoms. The van der Waals surface area contributed by atoms with Gasteiger partial charge in [0.25, 0.3) is 0 Å². The maximum absolute atomic E-state index is 12.1. The van der Waals surface area contributed by atoms with Crippen molar-refractivity contribution in [2.45, 2.75) is 142 Å². The van der Waals surface area contributed by atoms with Gasteiger partial charge in [0.2, 0.25) is 0 Å². The normalized spacial score (nSPS) is 11.3. The molecule has 0 radical (unpaired) electrons. The van der Waals surface area contributed by atoms with Gasteiger partial charge in [0.05, 0.1) is 31.8 Å². The number of ether oxygens (including phenoxy) is 4. The molecule has 0 saturated carbocycles. The molecule has 0 unspecified atom stereocenters. The molecule has 43 heavy (non-hydrogen) atoms. The second kappa shape index (κ2) is 28.6. The van der Waals surface area contributed by atoms with Crippen LogP contribution in [0.5, 0.6) is 0 Å². The Kier molecular flexibility index (Phi) is 27.1. The Morgan fingerprint density at radius 1 is 0.442 bits per heavy atom. The quantitative estimate of drug-likeness (QED) is 0.0562. The van der Waals surface area contributed by atoms with E-state index >= 15 is 0 Å². The third-order valence-electron chi connectivity index (χ3n) is 7.29. The van der Waals surface area contributed by atoms with Crippen molar-refractivity contribution in [2.75, 3.05) is 39.6 Å². The first kappa shape index (κ1) is 40.8. The van der Waals surface area contributed by atoms with Crippen LogP contribution in [0.1, 0.15) is 142 Å². The summed E-state index contributed by atoms with van der Waals surface area (Å²) < 4.78 is 20.8. The average Bonchev–Trinajstić information content (AvgIpc) is 3.00. The lowest BCUT2D eigenvalue weighted by molar-refractivity contribution is -0.159. The molecule has 0 amide bonds. The van der Waals surface area contributed by atoms with Crippen LogP contribution >= 0.6 is 0 Å². The van der Waals surface area contributed by atoms with E-state index in [1.807, 2.05) is 0 Å². The number of hydrogen-bond acceptors (Lipinski definition) is 10. The van der Waals surface area contributed by atoms with E-state index in [1.165, 1.54) is 51.4 Å². The van der Waals surface area contributed by atoms with E-state index in [1.54, 1.807) is 0 Å². The van der Waals surface area contributed by atoms with Crippen LogP contribution in [0, 0.1) is 5.41 Å². The van der Waals surface area contributed by atoms with E-state index in [-0.39, 0.29) is 63.7 Å². The van der Waals surface area contributed by atoms with E-state index in [2.05, 4.69) is 13.8 Å². The summed E-state index contributed by atoms with van der Waals surface area (Å²) in [4.78, 5) is 48.0. The van der Waals surface area contributed by atoms with Gasteiger partial charge in [-0.25, -0.2) is 0 Å². The fourth-order valence-corrected chi connectivity index (χ4v) is 4.27. The number of rotatable bonds is 30. The Morgan fingerprint density at radius 2 is 0.744 bits per heavy atom. The van der Waals surface area contributed by atoms with Crippen molar-refractivity contribution in [3.63, 3.8) is 0 Å². The zero-order chi connectivity index (χ0) is 32.0. The van der Waals surface area contributed by atoms with Crippen molar-refractivity contribution in [1.29, 1.82) is 0 Å². The monoisotopic (exact) mass is 616 g/mol. The van der Waals surface area contributed by atoms with Gasteiger partial charge in [0, 0.05) is 25.7 Å². The lowest BCUT2D eigenvalue weighted by Crippen LogP contribution is -2.41. The summed E-state index contributed by atoms with van der Waals surface area (Å²) in [7, 11) is 0. The summed E-state index contributed by atoms with van der Waals surface area (Å²) in [5.41, 5.74) is -1.35. The minimum atomic E-state index is -1.35. The van der Waals surface area contributed by atoms with Crippen LogP contribution in [-0.2, 0) is 38.1 Å². The number of esters is 4. The van der Waals surface area contributed by atoms with E-state index in [0.717, 1.165) is 38.5 Å². The highest BCUT2D eigenvalue weighted by Crippen LogP contribution is 2.19. The molecule has 2 N–H and O–H groups in total. The topological polar surface area (TPSA) is 146 Å². The molecule has 0 aromatic carbocycles. The largest absolute Gasteiger partial charge is 0.466 e. The van der Waals surface area contributed by atoms with Crippen LogP contribution in [0.2, 0.25) is 0 Å². The van der Waals surface area contributed by atoms with E-state index in [9.17, 15) is 29.4 Å². The molecule has 0 aliphatic rings. The summed E-state index contributed by atoms with van der Waals surface area (Å²) in [5.74, 6) is -1.89. The van der Waals surface area contributed by atoms with Crippen molar-refractivity contribution < 1.29 is 48.3 Å². The van der Waals surface area contributed by atoms with Crippen molar-refractivity contribution in [2.24, 2.45) is 5.41 Å². The highest BCUT2D eigenvalue weighted by atomic mass is 16.6. The minimum absolute atomic E-state index is 0.0195. The smallest absolute Gasteiger partial charge is 0.305 e. The maximum atomic E-state index is 12.1. The molecule has 252 valence electrons. The SMILES string of the molecule is CCCCCCCCCOC(=O)CCCC(=O)OCC(CO)(CO)COC(=O)CCCC(=O)OCCCCCCCCC. The van der Waals surface area contributed by atoms with Crippen LogP contribution in [0.3, 0.4) is 0 Å². The third kappa shape index (κ3) is 24.9. The van der Waals surface area contributed by atoms with Gasteiger partial charge in [0.15, 0.2) is 0 Å². The fourth-order valence-electron chi connectivity index (χ4n) is 4.27. The number of unbranched alkanes of at least 4 members (excludes halogenated alkanes) is 12. The van der Waals surface area contributed by atoms with Gasteiger partial charge in [-0.3, -0.25) is 19.2 Å². The molecule has 10 nitrogen and oxygen atoms in total. The van der Waals surface area contributed by atoms with Crippen LogP contribution < -0.4 is 0 Å². The summed E-state index contributed by atoms with van der Waals surface area (Å²) in [5, 5.41) is 19.6. The van der Waals surface area contributed by atoms with Gasteiger partial charge in [-0.05, 0) is 25.7 Å². The van der Waals surface area contributed by atoms with E-state index in [4.69, 9.17) is 18.9 Å². The standard InChI is InChI=1S/C33H60O10/c1-3-5-7-9-11-13-15-23-40-29(36)19-17-21-31(38)42-27-33(25-34,26-35)28-43-32(39)22-18-20-30(37)41-24-16-14-12-10-8-6-4-2/h34-35H,3-28H2,1-2H3. The Balaban J connectivity index is 4.02. The van der Waals surface area contributed by atoms with Crippen LogP contribution in [0.25, 0.3) is 0 Å². The predicted molar refractivity (Wildman–Crippen MR) is 164 cm³/mol. The lowest BCUT2D eigenvalue weighted by atomic mass is 9.92. The molecular weight excluding hydrogens is 556 g/mol. The van der Waals surface area contributed by atoms with E-state index < -0.39 is 30.6 Å². The summed E-state index contributed by atoms with van der Waals surface area (Å²) in [6.45, 7) is 3.30. The van der Waals surface area contributed by atoms with Gasteiger partial charge in [-0.2, -0.15) is 0 Å². The Labute approximate surface area is 259 Å². The number of carbonyl (C=O) groups excluding carboxylic acids is 4.